The second-order valence-corrected chi connectivity index (χ2v) is 5.87. The van der Waals surface area contributed by atoms with Gasteiger partial charge >= 0.3 is 6.18 Å². The Morgan fingerprint density at radius 1 is 1.22 bits per heavy atom. The van der Waals surface area contributed by atoms with Gasteiger partial charge in [0.2, 0.25) is 5.91 Å². The number of carbonyl (C=O) groups excluding carboxylic acids is 1. The molecule has 0 radical (unpaired) electrons. The molecule has 1 aromatic carbocycles. The van der Waals surface area contributed by atoms with E-state index in [-0.39, 0.29) is 12.3 Å². The maximum Gasteiger partial charge on any atom is 0.422 e. The molecule has 1 amide bonds. The number of primary amides is 1. The Kier molecular flexibility index (Phi) is 5.51. The molecular formula is C16H21F3N2O2. The summed E-state index contributed by atoms with van der Waals surface area (Å²) in [5, 5.41) is 3.15. The van der Waals surface area contributed by atoms with Gasteiger partial charge in [-0.3, -0.25) is 10.1 Å². The molecule has 0 spiro atoms. The van der Waals surface area contributed by atoms with Crippen LogP contribution in [0, 0.1) is 0 Å². The van der Waals surface area contributed by atoms with E-state index in [0.717, 1.165) is 19.3 Å². The maximum atomic E-state index is 12.3. The second kappa shape index (κ2) is 7.21. The lowest BCUT2D eigenvalue weighted by Gasteiger charge is -2.35. The zero-order valence-electron chi connectivity index (χ0n) is 12.8. The van der Waals surface area contributed by atoms with Crippen molar-refractivity contribution in [1.29, 1.82) is 0 Å². The number of benzene rings is 1. The van der Waals surface area contributed by atoms with Crippen molar-refractivity contribution < 1.29 is 22.7 Å². The zero-order valence-corrected chi connectivity index (χ0v) is 12.8. The zero-order chi connectivity index (χ0) is 16.9. The summed E-state index contributed by atoms with van der Waals surface area (Å²) in [5.74, 6) is -0.251. The van der Waals surface area contributed by atoms with Crippen LogP contribution in [0.2, 0.25) is 0 Å². The first kappa shape index (κ1) is 17.6. The highest BCUT2D eigenvalue weighted by atomic mass is 19.4. The van der Waals surface area contributed by atoms with Crippen LogP contribution in [0.3, 0.4) is 0 Å². The van der Waals surface area contributed by atoms with Crippen molar-refractivity contribution >= 4 is 5.91 Å². The van der Waals surface area contributed by atoms with Crippen LogP contribution in [-0.2, 0) is 11.3 Å². The molecule has 3 N–H and O–H groups in total. The fraction of sp³-hybridized carbons (Fsp3) is 0.562. The van der Waals surface area contributed by atoms with Crippen molar-refractivity contribution in [2.45, 2.75) is 50.4 Å². The topological polar surface area (TPSA) is 64.4 Å². The predicted molar refractivity (Wildman–Crippen MR) is 79.8 cm³/mol. The number of para-hydroxylation sites is 1. The average molecular weight is 330 g/mol. The van der Waals surface area contributed by atoms with E-state index in [9.17, 15) is 18.0 Å². The van der Waals surface area contributed by atoms with Gasteiger partial charge in [-0.1, -0.05) is 37.5 Å². The van der Waals surface area contributed by atoms with E-state index >= 15 is 0 Å². The van der Waals surface area contributed by atoms with E-state index in [4.69, 9.17) is 10.5 Å². The summed E-state index contributed by atoms with van der Waals surface area (Å²) in [7, 11) is 0. The number of hydrogen-bond donors (Lipinski definition) is 2. The van der Waals surface area contributed by atoms with Gasteiger partial charge in [-0.15, -0.1) is 0 Å². The number of alkyl halides is 3. The molecule has 1 fully saturated rings. The summed E-state index contributed by atoms with van der Waals surface area (Å²) >= 11 is 0. The Morgan fingerprint density at radius 2 is 1.87 bits per heavy atom. The highest BCUT2D eigenvalue weighted by Crippen LogP contribution is 2.29. The van der Waals surface area contributed by atoms with E-state index in [0.29, 0.717) is 18.4 Å². The number of carbonyl (C=O) groups is 1. The molecule has 0 aromatic heterocycles. The van der Waals surface area contributed by atoms with E-state index in [1.165, 1.54) is 6.07 Å². The third kappa shape index (κ3) is 4.86. The number of nitrogens with two attached hydrogens (primary N) is 1. The maximum absolute atomic E-state index is 12.3. The fourth-order valence-electron chi connectivity index (χ4n) is 2.88. The monoisotopic (exact) mass is 330 g/mol. The minimum Gasteiger partial charge on any atom is -0.484 e. The molecular weight excluding hydrogens is 309 g/mol. The van der Waals surface area contributed by atoms with Gasteiger partial charge in [-0.05, 0) is 18.9 Å². The lowest BCUT2D eigenvalue weighted by atomic mass is 9.81. The molecule has 0 saturated heterocycles. The fourth-order valence-corrected chi connectivity index (χ4v) is 2.88. The predicted octanol–water partition coefficient (Wildman–Crippen LogP) is 2.91. The second-order valence-electron chi connectivity index (χ2n) is 5.87. The van der Waals surface area contributed by atoms with E-state index < -0.39 is 24.2 Å². The number of amides is 1. The molecule has 0 unspecified atom stereocenters. The van der Waals surface area contributed by atoms with Gasteiger partial charge in [-0.2, -0.15) is 13.2 Å². The molecule has 1 saturated carbocycles. The van der Waals surface area contributed by atoms with E-state index in [1.807, 2.05) is 0 Å². The summed E-state index contributed by atoms with van der Waals surface area (Å²) in [5.41, 5.74) is 5.33. The van der Waals surface area contributed by atoms with Gasteiger partial charge < -0.3 is 10.5 Å². The molecule has 1 aliphatic carbocycles. The minimum atomic E-state index is -4.39. The lowest BCUT2D eigenvalue weighted by molar-refractivity contribution is -0.153. The van der Waals surface area contributed by atoms with Gasteiger partial charge in [0, 0.05) is 12.1 Å². The molecule has 4 nitrogen and oxygen atoms in total. The molecule has 1 aliphatic rings. The first-order chi connectivity index (χ1) is 10.8. The number of hydrogen-bond acceptors (Lipinski definition) is 3. The van der Waals surface area contributed by atoms with Gasteiger partial charge in [0.1, 0.15) is 5.75 Å². The number of rotatable bonds is 6. The Hall–Kier alpha value is -1.76. The van der Waals surface area contributed by atoms with Crippen LogP contribution in [0.15, 0.2) is 24.3 Å². The van der Waals surface area contributed by atoms with Gasteiger partial charge in [-0.25, -0.2) is 0 Å². The molecule has 2 rings (SSSR count). The molecule has 0 bridgehead atoms. The van der Waals surface area contributed by atoms with Crippen LogP contribution in [0.5, 0.6) is 5.75 Å². The highest BCUT2D eigenvalue weighted by Gasteiger charge is 2.37. The first-order valence-corrected chi connectivity index (χ1v) is 7.65. The van der Waals surface area contributed by atoms with E-state index in [1.54, 1.807) is 18.2 Å². The smallest absolute Gasteiger partial charge is 0.422 e. The molecule has 23 heavy (non-hydrogen) atoms. The third-order valence-electron chi connectivity index (χ3n) is 4.16. The van der Waals surface area contributed by atoms with Gasteiger partial charge in [0.15, 0.2) is 6.61 Å². The van der Waals surface area contributed by atoms with E-state index in [2.05, 4.69) is 5.32 Å². The minimum absolute atomic E-state index is 0.160. The number of ether oxygens (including phenoxy) is 1. The molecule has 0 aliphatic heterocycles. The van der Waals surface area contributed by atoms with Crippen molar-refractivity contribution in [3.05, 3.63) is 29.8 Å². The molecule has 0 heterocycles. The van der Waals surface area contributed by atoms with Crippen molar-refractivity contribution in [2.75, 3.05) is 6.61 Å². The number of nitrogens with one attached hydrogen (secondary N) is 1. The summed E-state index contributed by atoms with van der Waals surface area (Å²) in [6, 6.07) is 6.49. The van der Waals surface area contributed by atoms with Crippen LogP contribution in [0.1, 0.15) is 37.7 Å². The summed E-state index contributed by atoms with van der Waals surface area (Å²) < 4.78 is 41.8. The van der Waals surface area contributed by atoms with Crippen molar-refractivity contribution in [2.24, 2.45) is 5.73 Å². The summed E-state index contributed by atoms with van der Waals surface area (Å²) in [4.78, 5) is 11.8. The Balaban J connectivity index is 2.06. The largest absolute Gasteiger partial charge is 0.484 e. The van der Waals surface area contributed by atoms with Crippen molar-refractivity contribution in [3.63, 3.8) is 0 Å². The average Bonchev–Trinajstić information content (AvgIpc) is 2.51. The number of halogens is 3. The third-order valence-corrected chi connectivity index (χ3v) is 4.16. The lowest BCUT2D eigenvalue weighted by Crippen LogP contribution is -2.56. The molecule has 128 valence electrons. The Bertz CT molecular complexity index is 540. The van der Waals surface area contributed by atoms with Crippen LogP contribution >= 0.6 is 0 Å². The normalized spacial score (nSPS) is 17.7. The Morgan fingerprint density at radius 3 is 2.48 bits per heavy atom. The Labute approximate surface area is 133 Å². The summed E-state index contributed by atoms with van der Waals surface area (Å²) in [6.45, 7) is -1.11. The van der Waals surface area contributed by atoms with Crippen LogP contribution in [-0.4, -0.2) is 24.2 Å². The van der Waals surface area contributed by atoms with Gasteiger partial charge in [0.25, 0.3) is 0 Å². The highest BCUT2D eigenvalue weighted by molar-refractivity contribution is 5.84. The molecule has 0 atom stereocenters. The van der Waals surface area contributed by atoms with Crippen molar-refractivity contribution in [1.82, 2.24) is 5.32 Å². The van der Waals surface area contributed by atoms with Crippen LogP contribution < -0.4 is 15.8 Å². The standard InChI is InChI=1S/C16H21F3N2O2/c17-16(18,19)11-23-13-7-3-2-6-12(13)10-21-15(14(20)22)8-4-1-5-9-15/h2-3,6-7,21H,1,4-5,8-11H2,(H2,20,22). The molecule has 7 heteroatoms. The quantitative estimate of drug-likeness (QED) is 0.843. The van der Waals surface area contributed by atoms with Crippen LogP contribution in [0.4, 0.5) is 13.2 Å². The molecule has 1 aromatic rings. The van der Waals surface area contributed by atoms with Crippen molar-refractivity contribution in [3.8, 4) is 5.75 Å². The summed E-state index contributed by atoms with van der Waals surface area (Å²) in [6.07, 6.45) is -0.230. The first-order valence-electron chi connectivity index (χ1n) is 7.65. The SMILES string of the molecule is NC(=O)C1(NCc2ccccc2OCC(F)(F)F)CCCCC1. The van der Waals surface area contributed by atoms with Gasteiger partial charge in [0.05, 0.1) is 5.54 Å². The van der Waals surface area contributed by atoms with Crippen LogP contribution in [0.25, 0.3) is 0 Å².